The first-order chi connectivity index (χ1) is 14.7. The molecule has 0 aliphatic carbocycles. The van der Waals surface area contributed by atoms with Crippen LogP contribution >= 0.6 is 35.0 Å². The van der Waals surface area contributed by atoms with E-state index in [1.807, 2.05) is 47.0 Å². The van der Waals surface area contributed by atoms with Gasteiger partial charge < -0.3 is 9.26 Å². The molecule has 0 aliphatic rings. The topological polar surface area (TPSA) is 78.9 Å². The highest BCUT2D eigenvalue weighted by atomic mass is 35.5. The van der Waals surface area contributed by atoms with Gasteiger partial charge in [0.1, 0.15) is 0 Å². The summed E-state index contributed by atoms with van der Waals surface area (Å²) in [5, 5.41) is 14.7. The Balaban J connectivity index is 1.53. The van der Waals surface area contributed by atoms with Crippen LogP contribution in [-0.2, 0) is 17.0 Å². The molecule has 154 valence electrons. The Morgan fingerprint density at radius 2 is 1.87 bits per heavy atom. The molecule has 0 aliphatic heterocycles. The number of benzene rings is 2. The van der Waals surface area contributed by atoms with E-state index in [2.05, 4.69) is 20.3 Å². The minimum Gasteiger partial charge on any atom is -0.383 e. The van der Waals surface area contributed by atoms with Crippen molar-refractivity contribution < 1.29 is 9.26 Å². The Morgan fingerprint density at radius 1 is 1.07 bits per heavy atom. The van der Waals surface area contributed by atoms with Crippen molar-refractivity contribution in [2.45, 2.75) is 17.5 Å². The number of aromatic nitrogens is 5. The summed E-state index contributed by atoms with van der Waals surface area (Å²) in [5.41, 5.74) is 1.65. The second-order valence-corrected chi connectivity index (χ2v) is 8.02. The fourth-order valence-corrected chi connectivity index (χ4v) is 3.93. The molecule has 0 unspecified atom stereocenters. The molecule has 0 fully saturated rings. The highest BCUT2D eigenvalue weighted by Crippen LogP contribution is 2.29. The maximum absolute atomic E-state index is 6.21. The predicted octanol–water partition coefficient (Wildman–Crippen LogP) is 5.24. The van der Waals surface area contributed by atoms with E-state index in [9.17, 15) is 0 Å². The minimum atomic E-state index is 0.448. The molecule has 0 amide bonds. The highest BCUT2D eigenvalue weighted by Gasteiger charge is 2.17. The average molecular weight is 462 g/mol. The number of methoxy groups -OCH3 is 1. The van der Waals surface area contributed by atoms with Crippen LogP contribution in [0.15, 0.2) is 58.2 Å². The third kappa shape index (κ3) is 4.67. The molecular weight excluding hydrogens is 445 g/mol. The molecule has 2 aromatic carbocycles. The van der Waals surface area contributed by atoms with Crippen molar-refractivity contribution in [3.8, 4) is 22.8 Å². The fourth-order valence-electron chi connectivity index (χ4n) is 2.78. The number of thioether (sulfide) groups is 1. The normalized spacial score (nSPS) is 11.2. The molecular formula is C20H17Cl2N5O2S. The Hall–Kier alpha value is -2.39. The van der Waals surface area contributed by atoms with Gasteiger partial charge >= 0.3 is 0 Å². The quantitative estimate of drug-likeness (QED) is 0.331. The summed E-state index contributed by atoms with van der Waals surface area (Å²) in [6.07, 6.45) is 0. The van der Waals surface area contributed by atoms with Crippen molar-refractivity contribution in [1.82, 2.24) is 24.9 Å². The fraction of sp³-hybridized carbons (Fsp3) is 0.200. The molecule has 30 heavy (non-hydrogen) atoms. The first kappa shape index (κ1) is 20.9. The summed E-state index contributed by atoms with van der Waals surface area (Å²) >= 11 is 13.7. The first-order valence-electron chi connectivity index (χ1n) is 9.04. The molecule has 2 heterocycles. The van der Waals surface area contributed by atoms with Gasteiger partial charge in [0, 0.05) is 23.3 Å². The molecule has 4 aromatic rings. The van der Waals surface area contributed by atoms with E-state index in [0.29, 0.717) is 40.7 Å². The maximum Gasteiger partial charge on any atom is 0.237 e. The van der Waals surface area contributed by atoms with Gasteiger partial charge in [-0.1, -0.05) is 52.3 Å². The van der Waals surface area contributed by atoms with Crippen molar-refractivity contribution in [2.24, 2.45) is 0 Å². The lowest BCUT2D eigenvalue weighted by Crippen LogP contribution is -2.07. The number of nitrogens with zero attached hydrogens (tertiary/aromatic N) is 5. The Morgan fingerprint density at radius 3 is 2.63 bits per heavy atom. The molecule has 2 aromatic heterocycles. The summed E-state index contributed by atoms with van der Waals surface area (Å²) < 4.78 is 12.6. The molecule has 0 saturated heterocycles. The lowest BCUT2D eigenvalue weighted by molar-refractivity contribution is 0.185. The third-order valence-corrected chi connectivity index (χ3v) is 5.78. The molecule has 10 heteroatoms. The van der Waals surface area contributed by atoms with Gasteiger partial charge in [-0.05, 0) is 36.4 Å². The van der Waals surface area contributed by atoms with Crippen molar-refractivity contribution in [2.75, 3.05) is 13.7 Å². The van der Waals surface area contributed by atoms with Crippen LogP contribution in [0, 0.1) is 0 Å². The smallest absolute Gasteiger partial charge is 0.237 e. The van der Waals surface area contributed by atoms with Gasteiger partial charge in [0.25, 0.3) is 0 Å². The molecule has 0 bridgehead atoms. The zero-order valence-corrected chi connectivity index (χ0v) is 18.3. The van der Waals surface area contributed by atoms with Gasteiger partial charge in [-0.3, -0.25) is 4.57 Å². The van der Waals surface area contributed by atoms with Crippen LogP contribution < -0.4 is 0 Å². The third-order valence-electron chi connectivity index (χ3n) is 4.25. The van der Waals surface area contributed by atoms with Crippen LogP contribution in [0.4, 0.5) is 0 Å². The van der Waals surface area contributed by atoms with Gasteiger partial charge in [0.15, 0.2) is 11.0 Å². The van der Waals surface area contributed by atoms with Gasteiger partial charge in [-0.15, -0.1) is 10.2 Å². The largest absolute Gasteiger partial charge is 0.383 e. The summed E-state index contributed by atoms with van der Waals surface area (Å²) in [6, 6.07) is 14.9. The maximum atomic E-state index is 6.21. The first-order valence-corrected chi connectivity index (χ1v) is 10.8. The van der Waals surface area contributed by atoms with Crippen molar-refractivity contribution in [1.29, 1.82) is 0 Å². The standard InChI is InChI=1S/C20H17Cl2N5O2S/c1-28-11-10-27-19(13-6-8-14(21)9-7-13)24-25-20(27)30-12-17-23-18(26-29-17)15-4-2-3-5-16(15)22/h2-9H,10-12H2,1H3. The molecule has 0 spiro atoms. The van der Waals surface area contributed by atoms with E-state index < -0.39 is 0 Å². The summed E-state index contributed by atoms with van der Waals surface area (Å²) in [7, 11) is 1.66. The molecule has 0 saturated carbocycles. The zero-order chi connectivity index (χ0) is 20.9. The monoisotopic (exact) mass is 461 g/mol. The van der Waals surface area contributed by atoms with Crippen LogP contribution in [0.2, 0.25) is 10.0 Å². The second-order valence-electron chi connectivity index (χ2n) is 6.24. The molecule has 0 radical (unpaired) electrons. The van der Waals surface area contributed by atoms with Crippen molar-refractivity contribution in [3.05, 3.63) is 64.5 Å². The van der Waals surface area contributed by atoms with Gasteiger partial charge in [0.05, 0.1) is 23.9 Å². The van der Waals surface area contributed by atoms with E-state index in [1.54, 1.807) is 13.2 Å². The van der Waals surface area contributed by atoms with E-state index in [0.717, 1.165) is 22.1 Å². The molecule has 0 N–H and O–H groups in total. The van der Waals surface area contributed by atoms with Crippen LogP contribution in [0.1, 0.15) is 5.89 Å². The van der Waals surface area contributed by atoms with Crippen molar-refractivity contribution >= 4 is 35.0 Å². The SMILES string of the molecule is COCCn1c(SCc2nc(-c3ccccc3Cl)no2)nnc1-c1ccc(Cl)cc1. The van der Waals surface area contributed by atoms with E-state index in [-0.39, 0.29) is 0 Å². The average Bonchev–Trinajstić information content (AvgIpc) is 3.38. The molecule has 0 atom stereocenters. The molecule has 4 rings (SSSR count). The number of halogens is 2. The Bertz CT molecular complexity index is 1130. The zero-order valence-electron chi connectivity index (χ0n) is 16.0. The van der Waals surface area contributed by atoms with Crippen molar-refractivity contribution in [3.63, 3.8) is 0 Å². The number of hydrogen-bond donors (Lipinski definition) is 0. The number of ether oxygens (including phenoxy) is 1. The van der Waals surface area contributed by atoms with Gasteiger partial charge in [-0.25, -0.2) is 0 Å². The lowest BCUT2D eigenvalue weighted by atomic mass is 10.2. The summed E-state index contributed by atoms with van der Waals surface area (Å²) in [4.78, 5) is 4.44. The lowest BCUT2D eigenvalue weighted by Gasteiger charge is -2.09. The van der Waals surface area contributed by atoms with Gasteiger partial charge in [-0.2, -0.15) is 4.98 Å². The minimum absolute atomic E-state index is 0.448. The number of hydrogen-bond acceptors (Lipinski definition) is 7. The highest BCUT2D eigenvalue weighted by molar-refractivity contribution is 7.98. The Labute approximate surface area is 187 Å². The van der Waals surface area contributed by atoms with Crippen LogP contribution in [-0.4, -0.2) is 38.6 Å². The Kier molecular flexibility index (Phi) is 6.69. The van der Waals surface area contributed by atoms with E-state index in [1.165, 1.54) is 11.8 Å². The van der Waals surface area contributed by atoms with Crippen LogP contribution in [0.5, 0.6) is 0 Å². The second kappa shape index (κ2) is 9.61. The number of rotatable bonds is 8. The summed E-state index contributed by atoms with van der Waals surface area (Å²) in [6.45, 7) is 1.14. The van der Waals surface area contributed by atoms with Crippen LogP contribution in [0.3, 0.4) is 0 Å². The molecule has 7 nitrogen and oxygen atoms in total. The predicted molar refractivity (Wildman–Crippen MR) is 117 cm³/mol. The van der Waals surface area contributed by atoms with Gasteiger partial charge in [0.2, 0.25) is 11.7 Å². The van der Waals surface area contributed by atoms with Crippen LogP contribution in [0.25, 0.3) is 22.8 Å². The van der Waals surface area contributed by atoms with E-state index >= 15 is 0 Å². The summed E-state index contributed by atoms with van der Waals surface area (Å²) in [5.74, 6) is 2.13. The van der Waals surface area contributed by atoms with E-state index in [4.69, 9.17) is 32.5 Å².